The lowest BCUT2D eigenvalue weighted by Crippen LogP contribution is -1.94. The number of nitrogens with zero attached hydrogens (tertiary/aromatic N) is 1. The van der Waals surface area contributed by atoms with Crippen LogP contribution in [0.25, 0.3) is 33.5 Å². The molecule has 31 heavy (non-hydrogen) atoms. The van der Waals surface area contributed by atoms with E-state index in [0.29, 0.717) is 0 Å². The van der Waals surface area contributed by atoms with E-state index in [1.54, 1.807) is 0 Å². The largest absolute Gasteiger partial charge is 0.355 e. The number of hydrogen-bond donors (Lipinski definition) is 1. The molecule has 1 N–H and O–H groups in total. The highest BCUT2D eigenvalue weighted by Gasteiger charge is 2.07. The van der Waals surface area contributed by atoms with Crippen molar-refractivity contribution in [1.82, 2.24) is 4.98 Å². The van der Waals surface area contributed by atoms with Gasteiger partial charge in [0, 0.05) is 28.7 Å². The van der Waals surface area contributed by atoms with E-state index in [1.807, 2.05) is 18.3 Å². The molecule has 0 aliphatic rings. The van der Waals surface area contributed by atoms with Crippen LogP contribution >= 0.6 is 0 Å². The Balaban J connectivity index is 1.47. The average Bonchev–Trinajstić information content (AvgIpc) is 2.86. The highest BCUT2D eigenvalue weighted by molar-refractivity contribution is 5.82. The zero-order valence-electron chi connectivity index (χ0n) is 17.1. The molecule has 148 valence electrons. The van der Waals surface area contributed by atoms with Crippen LogP contribution in [0.5, 0.6) is 0 Å². The van der Waals surface area contributed by atoms with Gasteiger partial charge in [0.2, 0.25) is 0 Å². The third-order valence-electron chi connectivity index (χ3n) is 5.32. The van der Waals surface area contributed by atoms with Crippen molar-refractivity contribution in [2.75, 3.05) is 5.32 Å². The normalized spacial score (nSPS) is 10.6. The van der Waals surface area contributed by atoms with E-state index >= 15 is 0 Å². The number of benzene rings is 4. The fourth-order valence-electron chi connectivity index (χ4n) is 3.77. The van der Waals surface area contributed by atoms with Crippen molar-refractivity contribution in [2.45, 2.75) is 0 Å². The van der Waals surface area contributed by atoms with Crippen molar-refractivity contribution in [3.8, 4) is 33.5 Å². The molecule has 1 heterocycles. The second-order valence-corrected chi connectivity index (χ2v) is 7.41. The van der Waals surface area contributed by atoms with Gasteiger partial charge in [-0.2, -0.15) is 0 Å². The van der Waals surface area contributed by atoms with Gasteiger partial charge in [-0.3, -0.25) is 4.98 Å². The molecule has 0 aliphatic heterocycles. The van der Waals surface area contributed by atoms with Crippen molar-refractivity contribution in [2.24, 2.45) is 0 Å². The fraction of sp³-hybridized carbons (Fsp3) is 0. The van der Waals surface area contributed by atoms with Gasteiger partial charge in [0.05, 0.1) is 5.69 Å². The second-order valence-electron chi connectivity index (χ2n) is 7.41. The van der Waals surface area contributed by atoms with Crippen LogP contribution in [-0.4, -0.2) is 4.98 Å². The molecule has 0 fully saturated rings. The molecule has 0 spiro atoms. The summed E-state index contributed by atoms with van der Waals surface area (Å²) in [5.74, 6) is 0. The van der Waals surface area contributed by atoms with Gasteiger partial charge in [0.15, 0.2) is 0 Å². The maximum absolute atomic E-state index is 4.62. The summed E-state index contributed by atoms with van der Waals surface area (Å²) in [6.45, 7) is 0. The first-order valence-corrected chi connectivity index (χ1v) is 10.4. The predicted molar refractivity (Wildman–Crippen MR) is 130 cm³/mol. The molecule has 0 unspecified atom stereocenters. The summed E-state index contributed by atoms with van der Waals surface area (Å²) in [5.41, 5.74) is 8.89. The highest BCUT2D eigenvalue weighted by atomic mass is 14.9. The first-order valence-electron chi connectivity index (χ1n) is 10.4. The molecule has 0 amide bonds. The van der Waals surface area contributed by atoms with Crippen molar-refractivity contribution in [3.05, 3.63) is 128 Å². The van der Waals surface area contributed by atoms with Crippen LogP contribution in [0.4, 0.5) is 11.4 Å². The zero-order chi connectivity index (χ0) is 20.9. The molecule has 2 nitrogen and oxygen atoms in total. The minimum atomic E-state index is 0.960. The van der Waals surface area contributed by atoms with Crippen molar-refractivity contribution in [1.29, 1.82) is 0 Å². The molecule has 0 atom stereocenters. The van der Waals surface area contributed by atoms with Gasteiger partial charge in [0.25, 0.3) is 0 Å². The predicted octanol–water partition coefficient (Wildman–Crippen LogP) is 7.83. The van der Waals surface area contributed by atoms with Gasteiger partial charge >= 0.3 is 0 Å². The molecule has 5 rings (SSSR count). The quantitative estimate of drug-likeness (QED) is 0.326. The van der Waals surface area contributed by atoms with Crippen LogP contribution in [0.2, 0.25) is 0 Å². The maximum Gasteiger partial charge on any atom is 0.0708 e. The van der Waals surface area contributed by atoms with E-state index in [-0.39, 0.29) is 0 Å². The maximum atomic E-state index is 4.62. The van der Waals surface area contributed by atoms with Crippen LogP contribution in [0.1, 0.15) is 0 Å². The van der Waals surface area contributed by atoms with Crippen LogP contribution < -0.4 is 5.32 Å². The SMILES string of the molecule is c1ccc(-c2ccnc(-c3cccc(Nc4ccccc4-c4ccccc4)c3)c2)cc1. The topological polar surface area (TPSA) is 24.9 Å². The number of hydrogen-bond acceptors (Lipinski definition) is 2. The molecule has 0 saturated carbocycles. The summed E-state index contributed by atoms with van der Waals surface area (Å²) >= 11 is 0. The van der Waals surface area contributed by atoms with Gasteiger partial charge in [-0.05, 0) is 47.0 Å². The summed E-state index contributed by atoms with van der Waals surface area (Å²) in [5, 5.41) is 3.60. The molecule has 0 radical (unpaired) electrons. The molecule has 0 saturated heterocycles. The summed E-state index contributed by atoms with van der Waals surface area (Å²) < 4.78 is 0. The minimum absolute atomic E-state index is 0.960. The summed E-state index contributed by atoms with van der Waals surface area (Å²) in [4.78, 5) is 4.62. The van der Waals surface area contributed by atoms with E-state index in [2.05, 4.69) is 119 Å². The third-order valence-corrected chi connectivity index (χ3v) is 5.32. The van der Waals surface area contributed by atoms with Crippen LogP contribution in [0.15, 0.2) is 128 Å². The summed E-state index contributed by atoms with van der Waals surface area (Å²) in [6.07, 6.45) is 1.88. The first kappa shape index (κ1) is 18.8. The lowest BCUT2D eigenvalue weighted by Gasteiger charge is -2.13. The molecule has 0 aliphatic carbocycles. The number of rotatable bonds is 5. The van der Waals surface area contributed by atoms with E-state index in [0.717, 1.165) is 22.6 Å². The number of aromatic nitrogens is 1. The second kappa shape index (κ2) is 8.68. The molecular weight excluding hydrogens is 376 g/mol. The van der Waals surface area contributed by atoms with Crippen molar-refractivity contribution >= 4 is 11.4 Å². The summed E-state index contributed by atoms with van der Waals surface area (Å²) in [6, 6.07) is 41.8. The van der Waals surface area contributed by atoms with Gasteiger partial charge in [-0.25, -0.2) is 0 Å². The first-order chi connectivity index (χ1) is 15.4. The molecule has 0 bridgehead atoms. The monoisotopic (exact) mass is 398 g/mol. The Kier molecular flexibility index (Phi) is 5.27. The standard InChI is InChI=1S/C29H22N2/c1-3-10-22(11-4-1)24-18-19-30-29(21-24)25-14-9-15-26(20-25)31-28-17-8-7-16-27(28)23-12-5-2-6-13-23/h1-21,31H. The number of nitrogens with one attached hydrogen (secondary N) is 1. The Bertz CT molecular complexity index is 1290. The van der Waals surface area contributed by atoms with E-state index in [1.165, 1.54) is 22.3 Å². The Morgan fingerprint density at radius 3 is 1.97 bits per heavy atom. The molecule has 1 aromatic heterocycles. The molecular formula is C29H22N2. The van der Waals surface area contributed by atoms with Gasteiger partial charge in [-0.15, -0.1) is 0 Å². The Morgan fingerprint density at radius 1 is 0.484 bits per heavy atom. The summed E-state index contributed by atoms with van der Waals surface area (Å²) in [7, 11) is 0. The van der Waals surface area contributed by atoms with Crippen molar-refractivity contribution < 1.29 is 0 Å². The van der Waals surface area contributed by atoms with Crippen LogP contribution in [0.3, 0.4) is 0 Å². The van der Waals surface area contributed by atoms with Crippen LogP contribution in [0, 0.1) is 0 Å². The number of pyridine rings is 1. The zero-order valence-corrected chi connectivity index (χ0v) is 17.1. The molecule has 2 heteroatoms. The Morgan fingerprint density at radius 2 is 1.16 bits per heavy atom. The minimum Gasteiger partial charge on any atom is -0.355 e. The average molecular weight is 399 g/mol. The fourth-order valence-corrected chi connectivity index (χ4v) is 3.77. The lowest BCUT2D eigenvalue weighted by molar-refractivity contribution is 1.32. The van der Waals surface area contributed by atoms with E-state index in [9.17, 15) is 0 Å². The van der Waals surface area contributed by atoms with Crippen molar-refractivity contribution in [3.63, 3.8) is 0 Å². The van der Waals surface area contributed by atoms with E-state index in [4.69, 9.17) is 0 Å². The van der Waals surface area contributed by atoms with Gasteiger partial charge in [-0.1, -0.05) is 91.0 Å². The highest BCUT2D eigenvalue weighted by Crippen LogP contribution is 2.32. The van der Waals surface area contributed by atoms with Gasteiger partial charge < -0.3 is 5.32 Å². The van der Waals surface area contributed by atoms with E-state index < -0.39 is 0 Å². The lowest BCUT2D eigenvalue weighted by atomic mass is 10.0. The number of para-hydroxylation sites is 1. The Labute approximate surface area is 182 Å². The van der Waals surface area contributed by atoms with Gasteiger partial charge in [0.1, 0.15) is 0 Å². The Hall–Kier alpha value is -4.17. The third kappa shape index (κ3) is 4.24. The number of anilines is 2. The smallest absolute Gasteiger partial charge is 0.0708 e. The molecule has 4 aromatic carbocycles. The van der Waals surface area contributed by atoms with Crippen LogP contribution in [-0.2, 0) is 0 Å². The molecule has 5 aromatic rings.